The zero-order valence-electron chi connectivity index (χ0n) is 21.8. The summed E-state index contributed by atoms with van der Waals surface area (Å²) in [6, 6.07) is 9.69. The number of nitrogens with two attached hydrogens (primary N) is 1. The minimum atomic E-state index is -5.05. The molecule has 0 saturated carbocycles. The van der Waals surface area contributed by atoms with Crippen molar-refractivity contribution in [2.24, 2.45) is 5.73 Å². The molecular weight excluding hydrogens is 620 g/mol. The fourth-order valence-electron chi connectivity index (χ4n) is 5.03. The van der Waals surface area contributed by atoms with Gasteiger partial charge in [-0.05, 0) is 48.0 Å². The summed E-state index contributed by atoms with van der Waals surface area (Å²) in [4.78, 5) is 31.1. The smallest absolute Gasteiger partial charge is 0.416 e. The first-order chi connectivity index (χ1) is 20.2. The molecular formula is C29H18Cl2F5N3O4. The number of halogens is 7. The highest BCUT2D eigenvalue weighted by molar-refractivity contribution is 6.34. The Morgan fingerprint density at radius 2 is 1.74 bits per heavy atom. The van der Waals surface area contributed by atoms with Crippen LogP contribution in [0.25, 0.3) is 11.1 Å². The average Bonchev–Trinajstić information content (AvgIpc) is 3.17. The van der Waals surface area contributed by atoms with Gasteiger partial charge >= 0.3 is 6.18 Å². The molecule has 2 heterocycles. The molecule has 0 saturated heterocycles. The van der Waals surface area contributed by atoms with E-state index in [1.807, 2.05) is 0 Å². The minimum absolute atomic E-state index is 0.128. The van der Waals surface area contributed by atoms with Crippen molar-refractivity contribution in [2.45, 2.75) is 18.4 Å². The number of hydrogen-bond acceptors (Lipinski definition) is 5. The van der Waals surface area contributed by atoms with Crippen LogP contribution in [0.15, 0.2) is 60.8 Å². The van der Waals surface area contributed by atoms with E-state index in [0.717, 1.165) is 29.3 Å². The van der Waals surface area contributed by atoms with Crippen LogP contribution in [0.3, 0.4) is 0 Å². The number of hydrogen-bond donors (Lipinski definition) is 2. The molecule has 1 unspecified atom stereocenters. The summed E-state index contributed by atoms with van der Waals surface area (Å²) in [6.07, 6.45) is -4.19. The van der Waals surface area contributed by atoms with Crippen LogP contribution in [-0.2, 0) is 18.4 Å². The number of methoxy groups -OCH3 is 1. The summed E-state index contributed by atoms with van der Waals surface area (Å²) in [7, 11) is 1.44. The van der Waals surface area contributed by atoms with Crippen LogP contribution < -0.4 is 10.5 Å². The lowest BCUT2D eigenvalue weighted by atomic mass is 9.86. The zero-order valence-corrected chi connectivity index (χ0v) is 23.3. The molecule has 0 aliphatic carbocycles. The van der Waals surface area contributed by atoms with Gasteiger partial charge in [-0.3, -0.25) is 14.5 Å². The number of carbonyl (C=O) groups is 2. The second-order valence-corrected chi connectivity index (χ2v) is 10.3. The molecule has 14 heteroatoms. The molecule has 1 atom stereocenters. The van der Waals surface area contributed by atoms with Crippen LogP contribution in [0.1, 0.15) is 43.0 Å². The van der Waals surface area contributed by atoms with E-state index in [0.29, 0.717) is 17.4 Å². The topological polar surface area (TPSA) is 106 Å². The Balaban J connectivity index is 1.85. The van der Waals surface area contributed by atoms with Crippen molar-refractivity contribution in [3.05, 3.63) is 116 Å². The normalized spacial score (nSPS) is 16.4. The van der Waals surface area contributed by atoms with Gasteiger partial charge in [0.15, 0.2) is 5.72 Å². The van der Waals surface area contributed by atoms with Gasteiger partial charge in [-0.15, -0.1) is 0 Å². The Morgan fingerprint density at radius 3 is 2.35 bits per heavy atom. The molecule has 3 N–H and O–H groups in total. The molecule has 0 bridgehead atoms. The minimum Gasteiger partial charge on any atom is -0.497 e. The van der Waals surface area contributed by atoms with Crippen molar-refractivity contribution in [3.63, 3.8) is 0 Å². The third-order valence-electron chi connectivity index (χ3n) is 6.99. The highest BCUT2D eigenvalue weighted by Gasteiger charge is 2.54. The maximum absolute atomic E-state index is 15.6. The summed E-state index contributed by atoms with van der Waals surface area (Å²) in [5.41, 5.74) is -2.01. The van der Waals surface area contributed by atoms with Crippen molar-refractivity contribution in [1.29, 1.82) is 0 Å². The summed E-state index contributed by atoms with van der Waals surface area (Å²) < 4.78 is 75.9. The van der Waals surface area contributed by atoms with E-state index in [1.165, 1.54) is 7.11 Å². The number of nitrogens with zero attached hydrogens (tertiary/aromatic N) is 2. The second-order valence-electron chi connectivity index (χ2n) is 9.49. The molecule has 2 amide bonds. The van der Waals surface area contributed by atoms with Crippen LogP contribution in [0.2, 0.25) is 10.2 Å². The number of primary amides is 1. The van der Waals surface area contributed by atoms with Crippen LogP contribution >= 0.6 is 23.2 Å². The van der Waals surface area contributed by atoms with E-state index in [-0.39, 0.29) is 23.2 Å². The largest absolute Gasteiger partial charge is 0.497 e. The average molecular weight is 638 g/mol. The summed E-state index contributed by atoms with van der Waals surface area (Å²) in [5.74, 6) is -4.37. The predicted octanol–water partition coefficient (Wildman–Crippen LogP) is 6.31. The van der Waals surface area contributed by atoms with Crippen LogP contribution in [0.4, 0.5) is 22.0 Å². The maximum atomic E-state index is 15.6. The van der Waals surface area contributed by atoms with Crippen LogP contribution in [-0.4, -0.2) is 33.9 Å². The lowest BCUT2D eigenvalue weighted by molar-refractivity contribution is -0.137. The number of aliphatic hydroxyl groups is 1. The van der Waals surface area contributed by atoms with Gasteiger partial charge in [0.25, 0.3) is 5.91 Å². The molecule has 0 spiro atoms. The van der Waals surface area contributed by atoms with Crippen molar-refractivity contribution in [1.82, 2.24) is 9.88 Å². The third kappa shape index (κ3) is 5.05. The summed E-state index contributed by atoms with van der Waals surface area (Å²) >= 11 is 12.7. The Labute approximate surface area is 250 Å². The van der Waals surface area contributed by atoms with Crippen molar-refractivity contribution in [2.75, 3.05) is 7.11 Å². The number of ether oxygens (including phenoxy) is 1. The van der Waals surface area contributed by atoms with Gasteiger partial charge in [0, 0.05) is 40.0 Å². The quantitative estimate of drug-likeness (QED) is 0.190. The van der Waals surface area contributed by atoms with Crippen molar-refractivity contribution in [3.8, 4) is 16.9 Å². The van der Waals surface area contributed by atoms with E-state index in [9.17, 15) is 32.3 Å². The lowest BCUT2D eigenvalue weighted by Gasteiger charge is -2.36. The monoisotopic (exact) mass is 637 g/mol. The fourth-order valence-corrected chi connectivity index (χ4v) is 5.51. The molecule has 1 aliphatic rings. The SMILES string of the molecule is COc1ccc(CN2C(=O)c3c(Cl)ncc(-c4c(F)cc(C(F)(F)F)cc4C(N)=O)c3C2(O)c2cc(F)ccc2Cl)cc1. The Morgan fingerprint density at radius 1 is 1.07 bits per heavy atom. The molecule has 43 heavy (non-hydrogen) atoms. The fraction of sp³-hybridized carbons (Fsp3) is 0.138. The highest BCUT2D eigenvalue weighted by atomic mass is 35.5. The highest BCUT2D eigenvalue weighted by Crippen LogP contribution is 2.51. The molecule has 4 aromatic rings. The van der Waals surface area contributed by atoms with E-state index in [2.05, 4.69) is 4.98 Å². The van der Waals surface area contributed by atoms with Gasteiger partial charge in [-0.25, -0.2) is 13.8 Å². The van der Waals surface area contributed by atoms with Crippen molar-refractivity contribution >= 4 is 35.0 Å². The van der Waals surface area contributed by atoms with Gasteiger partial charge < -0.3 is 15.6 Å². The molecule has 1 aromatic heterocycles. The molecule has 3 aromatic carbocycles. The third-order valence-corrected chi connectivity index (χ3v) is 7.60. The standard InChI is InChI=1S/C29H18Cl2F5N3O4/c1-43-16-5-2-13(3-6-16)12-39-27(41)23-24(28(39,42)19-10-15(32)4-7-20(19)30)18(11-38-25(23)31)22-17(26(37)40)8-14(9-21(22)33)29(34,35)36/h2-11,42H,12H2,1H3,(H2,37,40). The second kappa shape index (κ2) is 10.8. The van der Waals surface area contributed by atoms with Crippen LogP contribution in [0, 0.1) is 11.6 Å². The Hall–Kier alpha value is -4.26. The molecule has 1 aliphatic heterocycles. The number of carbonyl (C=O) groups excluding carboxylic acids is 2. The van der Waals surface area contributed by atoms with E-state index in [4.69, 9.17) is 33.7 Å². The van der Waals surface area contributed by atoms with Gasteiger partial charge in [-0.1, -0.05) is 35.3 Å². The number of rotatable bonds is 6. The van der Waals surface area contributed by atoms with Gasteiger partial charge in [0.1, 0.15) is 22.5 Å². The Kier molecular flexibility index (Phi) is 7.57. The number of benzene rings is 3. The molecule has 0 radical (unpaired) electrons. The van der Waals surface area contributed by atoms with Gasteiger partial charge in [-0.2, -0.15) is 13.2 Å². The first-order valence-electron chi connectivity index (χ1n) is 12.2. The predicted molar refractivity (Wildman–Crippen MR) is 145 cm³/mol. The van der Waals surface area contributed by atoms with Crippen molar-refractivity contribution < 1.29 is 41.4 Å². The van der Waals surface area contributed by atoms with Crippen LogP contribution in [0.5, 0.6) is 5.75 Å². The number of alkyl halides is 3. The first-order valence-corrected chi connectivity index (χ1v) is 13.0. The Bertz CT molecular complexity index is 1800. The van der Waals surface area contributed by atoms with Gasteiger partial charge in [0.2, 0.25) is 5.91 Å². The number of aromatic nitrogens is 1. The molecule has 5 rings (SSSR count). The van der Waals surface area contributed by atoms with E-state index >= 15 is 4.39 Å². The first kappa shape index (κ1) is 30.2. The number of fused-ring (bicyclic) bond motifs is 1. The zero-order chi connectivity index (χ0) is 31.4. The molecule has 7 nitrogen and oxygen atoms in total. The van der Waals surface area contributed by atoms with Gasteiger partial charge in [0.05, 0.1) is 23.8 Å². The number of pyridine rings is 1. The summed E-state index contributed by atoms with van der Waals surface area (Å²) in [6.45, 7) is -0.352. The summed E-state index contributed by atoms with van der Waals surface area (Å²) in [5, 5.41) is 11.8. The number of amides is 2. The molecule has 222 valence electrons. The maximum Gasteiger partial charge on any atom is 0.416 e. The van der Waals surface area contributed by atoms with E-state index in [1.54, 1.807) is 24.3 Å². The van der Waals surface area contributed by atoms with E-state index < -0.39 is 73.9 Å². The molecule has 0 fully saturated rings. The lowest BCUT2D eigenvalue weighted by Crippen LogP contribution is -2.44.